The molecule has 0 fully saturated rings. The lowest BCUT2D eigenvalue weighted by Crippen LogP contribution is -2.47. The number of rotatable bonds is 36. The molecular weight excluding hydrogens is 558 g/mol. The van der Waals surface area contributed by atoms with Gasteiger partial charge in [0.25, 0.3) is 0 Å². The minimum atomic E-state index is -0.988. The van der Waals surface area contributed by atoms with Gasteiger partial charge in [-0.05, 0) is 25.7 Å². The molecule has 0 saturated carbocycles. The number of carbonyl (C=O) groups is 2. The van der Waals surface area contributed by atoms with Crippen molar-refractivity contribution in [3.63, 3.8) is 0 Å². The van der Waals surface area contributed by atoms with Crippen molar-refractivity contribution in [1.29, 1.82) is 0 Å². The molecule has 0 aromatic carbocycles. The Morgan fingerprint density at radius 1 is 0.511 bits per heavy atom. The molecule has 0 aromatic heterocycles. The number of carbonyl (C=O) groups excluding carboxylic acids is 2. The number of nitrogens with zero attached hydrogens (tertiary/aromatic N) is 1. The summed E-state index contributed by atoms with van der Waals surface area (Å²) in [7, 11) is 4.24. The van der Waals surface area contributed by atoms with Gasteiger partial charge in [0.15, 0.2) is 6.10 Å². The van der Waals surface area contributed by atoms with Gasteiger partial charge in [-0.2, -0.15) is 0 Å². The molecule has 1 unspecified atom stereocenters. The Labute approximate surface area is 281 Å². The van der Waals surface area contributed by atoms with Gasteiger partial charge in [0, 0.05) is 18.8 Å². The van der Waals surface area contributed by atoms with Crippen LogP contribution in [0.3, 0.4) is 0 Å². The average molecular weight is 638 g/mol. The summed E-state index contributed by atoms with van der Waals surface area (Å²) in [5, 5.41) is 10.9. The lowest BCUT2D eigenvalue weighted by Gasteiger charge is -2.33. The van der Waals surface area contributed by atoms with Crippen molar-refractivity contribution in [2.75, 3.05) is 27.2 Å². The van der Waals surface area contributed by atoms with Crippen LogP contribution in [0.25, 0.3) is 0 Å². The molecule has 0 bridgehead atoms. The molecule has 1 atom stereocenters. The molecule has 0 radical (unpaired) electrons. The quantitative estimate of drug-likeness (QED) is 0.0389. The van der Waals surface area contributed by atoms with E-state index in [1.54, 1.807) is 0 Å². The maximum atomic E-state index is 12.8. The van der Waals surface area contributed by atoms with E-state index in [-0.39, 0.29) is 18.5 Å². The summed E-state index contributed by atoms with van der Waals surface area (Å²) in [6.45, 7) is 6.05. The Morgan fingerprint density at radius 2 is 0.867 bits per heavy atom. The summed E-state index contributed by atoms with van der Waals surface area (Å²) in [5.41, 5.74) is 0. The number of ether oxygens (including phenoxy) is 1. The second-order valence-electron chi connectivity index (χ2n) is 14.8. The Balaban J connectivity index is 4.17. The van der Waals surface area contributed by atoms with Gasteiger partial charge in [-0.1, -0.05) is 174 Å². The third kappa shape index (κ3) is 34.1. The Bertz CT molecular complexity index is 650. The molecule has 268 valence electrons. The number of likely N-dealkylation sites (N-methyl/N-ethyl adjacent to an activating group) is 1. The van der Waals surface area contributed by atoms with Crippen molar-refractivity contribution in [3.05, 3.63) is 0 Å². The standard InChI is InChI=1S/C40H79NO4/c1-5-7-9-11-13-15-17-19-21-22-24-26-28-30-33-38(37-41(3,4)36-32-34-39(42)43)45-40(44)35-31-29-27-25-23-20-18-16-14-12-10-8-6-2/h38H,5-37H2,1-4H3. The van der Waals surface area contributed by atoms with Crippen LogP contribution in [0.2, 0.25) is 0 Å². The fourth-order valence-electron chi connectivity index (χ4n) is 6.58. The van der Waals surface area contributed by atoms with Crippen molar-refractivity contribution in [2.24, 2.45) is 0 Å². The molecule has 5 nitrogen and oxygen atoms in total. The van der Waals surface area contributed by atoms with Crippen LogP contribution in [-0.2, 0) is 14.3 Å². The molecule has 0 amide bonds. The van der Waals surface area contributed by atoms with Gasteiger partial charge in [0.2, 0.25) is 0 Å². The van der Waals surface area contributed by atoms with Crippen molar-refractivity contribution < 1.29 is 23.9 Å². The monoisotopic (exact) mass is 638 g/mol. The topological polar surface area (TPSA) is 66.4 Å². The van der Waals surface area contributed by atoms with Crippen LogP contribution in [0.1, 0.15) is 213 Å². The lowest BCUT2D eigenvalue weighted by molar-refractivity contribution is -0.893. The van der Waals surface area contributed by atoms with Crippen LogP contribution < -0.4 is 5.11 Å². The highest BCUT2D eigenvalue weighted by Crippen LogP contribution is 2.18. The summed E-state index contributed by atoms with van der Waals surface area (Å²) in [5.74, 6) is -1.04. The smallest absolute Gasteiger partial charge is 0.306 e. The largest absolute Gasteiger partial charge is 0.550 e. The number of hydrogen-bond donors (Lipinski definition) is 0. The van der Waals surface area contributed by atoms with Gasteiger partial charge in [-0.25, -0.2) is 0 Å². The molecule has 0 spiro atoms. The van der Waals surface area contributed by atoms with Crippen LogP contribution in [0, 0.1) is 0 Å². The summed E-state index contributed by atoms with van der Waals surface area (Å²) in [6.07, 6.45) is 37.6. The maximum absolute atomic E-state index is 12.8. The number of hydrogen-bond acceptors (Lipinski definition) is 4. The first kappa shape index (κ1) is 43.9. The SMILES string of the molecule is CCCCCCCCCCCCCCCCC(C[N+](C)(C)CCCC(=O)[O-])OC(=O)CCCCCCCCCCCCCCC. The minimum Gasteiger partial charge on any atom is -0.550 e. The van der Waals surface area contributed by atoms with Crippen LogP contribution in [0.15, 0.2) is 0 Å². The molecule has 0 aromatic rings. The van der Waals surface area contributed by atoms with Gasteiger partial charge < -0.3 is 19.1 Å². The normalized spacial score (nSPS) is 12.4. The molecule has 0 aliphatic rings. The van der Waals surface area contributed by atoms with Crippen LogP contribution in [0.4, 0.5) is 0 Å². The number of esters is 1. The highest BCUT2D eigenvalue weighted by atomic mass is 16.5. The minimum absolute atomic E-state index is 0.0526. The zero-order chi connectivity index (χ0) is 33.3. The molecule has 0 aliphatic carbocycles. The first-order chi connectivity index (χ1) is 21.8. The number of carboxylic acids is 1. The first-order valence-corrected chi connectivity index (χ1v) is 20.0. The number of quaternary nitrogens is 1. The molecular formula is C40H79NO4. The second-order valence-corrected chi connectivity index (χ2v) is 14.8. The van der Waals surface area contributed by atoms with Gasteiger partial charge in [0.05, 0.1) is 20.6 Å². The highest BCUT2D eigenvalue weighted by Gasteiger charge is 2.24. The predicted molar refractivity (Wildman–Crippen MR) is 191 cm³/mol. The van der Waals surface area contributed by atoms with Gasteiger partial charge in [-0.3, -0.25) is 4.79 Å². The predicted octanol–water partition coefficient (Wildman–Crippen LogP) is 10.9. The van der Waals surface area contributed by atoms with E-state index < -0.39 is 5.97 Å². The maximum Gasteiger partial charge on any atom is 0.306 e. The third-order valence-corrected chi connectivity index (χ3v) is 9.50. The molecule has 0 heterocycles. The number of aliphatic carboxylic acids is 1. The fraction of sp³-hybridized carbons (Fsp3) is 0.950. The van der Waals surface area contributed by atoms with Crippen molar-refractivity contribution in [1.82, 2.24) is 0 Å². The molecule has 0 N–H and O–H groups in total. The van der Waals surface area contributed by atoms with Crippen LogP contribution in [-0.4, -0.2) is 49.7 Å². The van der Waals surface area contributed by atoms with Gasteiger partial charge in [0.1, 0.15) is 6.54 Å². The van der Waals surface area contributed by atoms with E-state index in [0.29, 0.717) is 17.3 Å². The zero-order valence-corrected chi connectivity index (χ0v) is 31.0. The van der Waals surface area contributed by atoms with E-state index in [2.05, 4.69) is 27.9 Å². The number of unbranched alkanes of at least 4 members (excludes halogenated alkanes) is 25. The van der Waals surface area contributed by atoms with Crippen LogP contribution in [0.5, 0.6) is 0 Å². The third-order valence-electron chi connectivity index (χ3n) is 9.50. The molecule has 45 heavy (non-hydrogen) atoms. The summed E-state index contributed by atoms with van der Waals surface area (Å²) in [6, 6.07) is 0. The number of carboxylic acid groups (broad SMARTS) is 1. The second kappa shape index (κ2) is 32.8. The lowest BCUT2D eigenvalue weighted by atomic mass is 10.0. The Hall–Kier alpha value is -1.10. The molecule has 0 rings (SSSR count). The molecule has 5 heteroatoms. The van der Waals surface area contributed by atoms with E-state index in [4.69, 9.17) is 4.74 Å². The average Bonchev–Trinajstić information content (AvgIpc) is 2.99. The Kier molecular flexibility index (Phi) is 32.0. The van der Waals surface area contributed by atoms with Crippen molar-refractivity contribution >= 4 is 11.9 Å². The molecule has 0 aliphatic heterocycles. The van der Waals surface area contributed by atoms with Gasteiger partial charge >= 0.3 is 5.97 Å². The van der Waals surface area contributed by atoms with E-state index >= 15 is 0 Å². The van der Waals surface area contributed by atoms with E-state index in [1.807, 2.05) is 0 Å². The van der Waals surface area contributed by atoms with Gasteiger partial charge in [-0.15, -0.1) is 0 Å². The summed E-state index contributed by atoms with van der Waals surface area (Å²) >= 11 is 0. The summed E-state index contributed by atoms with van der Waals surface area (Å²) in [4.78, 5) is 23.7. The van der Waals surface area contributed by atoms with E-state index in [1.165, 1.54) is 154 Å². The fourth-order valence-corrected chi connectivity index (χ4v) is 6.58. The van der Waals surface area contributed by atoms with Crippen molar-refractivity contribution in [2.45, 2.75) is 219 Å². The first-order valence-electron chi connectivity index (χ1n) is 20.0. The van der Waals surface area contributed by atoms with E-state index in [9.17, 15) is 14.7 Å². The molecule has 0 saturated heterocycles. The van der Waals surface area contributed by atoms with E-state index in [0.717, 1.165) is 38.8 Å². The highest BCUT2D eigenvalue weighted by molar-refractivity contribution is 5.69. The van der Waals surface area contributed by atoms with Crippen LogP contribution >= 0.6 is 0 Å². The Morgan fingerprint density at radius 3 is 1.24 bits per heavy atom. The zero-order valence-electron chi connectivity index (χ0n) is 31.0. The summed E-state index contributed by atoms with van der Waals surface area (Å²) < 4.78 is 6.72. The van der Waals surface area contributed by atoms with Crippen molar-refractivity contribution in [3.8, 4) is 0 Å².